The van der Waals surface area contributed by atoms with Crippen LogP contribution in [0.3, 0.4) is 0 Å². The Hall–Kier alpha value is -3.99. The predicted molar refractivity (Wildman–Crippen MR) is 146 cm³/mol. The number of nitrogens with zero attached hydrogens (tertiary/aromatic N) is 1. The summed E-state index contributed by atoms with van der Waals surface area (Å²) in [6, 6.07) is 18.1. The van der Waals surface area contributed by atoms with Gasteiger partial charge in [0.05, 0.1) is 11.1 Å². The Labute approximate surface area is 224 Å². The van der Waals surface area contributed by atoms with E-state index in [0.717, 1.165) is 5.56 Å². The summed E-state index contributed by atoms with van der Waals surface area (Å²) in [5.41, 5.74) is -1.27. The number of amides is 1. The zero-order chi connectivity index (χ0) is 27.5. The van der Waals surface area contributed by atoms with Crippen molar-refractivity contribution in [2.45, 2.75) is 44.6 Å². The van der Waals surface area contributed by atoms with Gasteiger partial charge < -0.3 is 14.9 Å². The highest BCUT2D eigenvalue weighted by molar-refractivity contribution is 6.31. The maximum absolute atomic E-state index is 13.7. The highest BCUT2D eigenvalue weighted by atomic mass is 35.5. The quantitative estimate of drug-likeness (QED) is 0.317. The van der Waals surface area contributed by atoms with Crippen LogP contribution < -0.4 is 10.9 Å². The molecule has 0 aliphatic heterocycles. The number of halogens is 2. The molecule has 0 bridgehead atoms. The van der Waals surface area contributed by atoms with Gasteiger partial charge in [-0.3, -0.25) is 4.79 Å². The summed E-state index contributed by atoms with van der Waals surface area (Å²) in [6.07, 6.45) is 0.196. The second kappa shape index (κ2) is 10.8. The van der Waals surface area contributed by atoms with E-state index in [0.29, 0.717) is 34.1 Å². The summed E-state index contributed by atoms with van der Waals surface area (Å²) in [5, 5.41) is 19.2. The second-order valence-corrected chi connectivity index (χ2v) is 10.2. The fourth-order valence-corrected chi connectivity index (χ4v) is 4.81. The number of carbonyl (C=O) groups excluding carboxylic acids is 1. The van der Waals surface area contributed by atoms with Crippen molar-refractivity contribution >= 4 is 34.0 Å². The molecule has 1 unspecified atom stereocenters. The smallest absolute Gasteiger partial charge is 0.366 e. The van der Waals surface area contributed by atoms with Crippen molar-refractivity contribution < 1.29 is 18.8 Å². The minimum absolute atomic E-state index is 0.128. The summed E-state index contributed by atoms with van der Waals surface area (Å²) in [6.45, 7) is 5.28. The minimum Gasteiger partial charge on any atom is -0.369 e. The van der Waals surface area contributed by atoms with E-state index in [9.17, 15) is 19.1 Å². The topological polar surface area (TPSA) is 92.4 Å². The molecule has 0 spiro atoms. The van der Waals surface area contributed by atoms with E-state index in [1.165, 1.54) is 30.3 Å². The Morgan fingerprint density at radius 2 is 1.84 bits per heavy atom. The van der Waals surface area contributed by atoms with Crippen molar-refractivity contribution in [1.29, 1.82) is 0 Å². The lowest BCUT2D eigenvalue weighted by molar-refractivity contribution is -0.130. The van der Waals surface area contributed by atoms with Gasteiger partial charge in [0.1, 0.15) is 5.82 Å². The molecule has 1 amide bonds. The lowest BCUT2D eigenvalue weighted by atomic mass is 9.75. The SMILES string of the molecule is Cc1noc(=O)c2ccc(NC(=O)C(O)(C#CCc3ccccc3)CC(C)(C)c3ccc(F)cc3Cl)cc12. The van der Waals surface area contributed by atoms with Crippen LogP contribution in [0.5, 0.6) is 0 Å². The lowest BCUT2D eigenvalue weighted by Gasteiger charge is -2.33. The number of nitrogens with one attached hydrogen (secondary N) is 1. The van der Waals surface area contributed by atoms with E-state index in [-0.39, 0.29) is 11.4 Å². The minimum atomic E-state index is -2.13. The van der Waals surface area contributed by atoms with Crippen LogP contribution in [0.4, 0.5) is 10.1 Å². The van der Waals surface area contributed by atoms with Gasteiger partial charge in [0.2, 0.25) is 5.60 Å². The Morgan fingerprint density at radius 1 is 1.11 bits per heavy atom. The Morgan fingerprint density at radius 3 is 2.55 bits per heavy atom. The molecule has 4 aromatic rings. The van der Waals surface area contributed by atoms with Crippen LogP contribution in [0.2, 0.25) is 5.02 Å². The Kier molecular flexibility index (Phi) is 7.68. The van der Waals surface area contributed by atoms with E-state index in [1.54, 1.807) is 26.8 Å². The number of rotatable bonds is 6. The molecule has 0 saturated carbocycles. The average molecular weight is 533 g/mol. The highest BCUT2D eigenvalue weighted by Gasteiger charge is 2.41. The summed E-state index contributed by atoms with van der Waals surface area (Å²) < 4.78 is 18.4. The number of benzene rings is 3. The molecule has 0 aliphatic carbocycles. The molecule has 0 radical (unpaired) electrons. The van der Waals surface area contributed by atoms with Crippen molar-refractivity contribution in [3.63, 3.8) is 0 Å². The molecule has 1 aromatic heterocycles. The fourth-order valence-electron chi connectivity index (χ4n) is 4.38. The number of carbonyl (C=O) groups is 1. The predicted octanol–water partition coefficient (Wildman–Crippen LogP) is 5.57. The largest absolute Gasteiger partial charge is 0.369 e. The fraction of sp³-hybridized carbons (Fsp3) is 0.233. The van der Waals surface area contributed by atoms with Gasteiger partial charge in [-0.1, -0.05) is 78.8 Å². The molecule has 4 rings (SSSR count). The maximum atomic E-state index is 13.7. The van der Waals surface area contributed by atoms with E-state index >= 15 is 0 Å². The zero-order valence-electron chi connectivity index (χ0n) is 21.1. The van der Waals surface area contributed by atoms with Gasteiger partial charge in [-0.05, 0) is 53.8 Å². The number of hydrogen-bond acceptors (Lipinski definition) is 5. The Balaban J connectivity index is 1.69. The molecule has 194 valence electrons. The zero-order valence-corrected chi connectivity index (χ0v) is 21.9. The molecule has 1 atom stereocenters. The molecule has 0 fully saturated rings. The van der Waals surface area contributed by atoms with Gasteiger partial charge in [0.15, 0.2) is 0 Å². The lowest BCUT2D eigenvalue weighted by Crippen LogP contribution is -2.46. The summed E-state index contributed by atoms with van der Waals surface area (Å²) in [5.74, 6) is 4.48. The molecule has 2 N–H and O–H groups in total. The number of anilines is 1. The third kappa shape index (κ3) is 5.94. The van der Waals surface area contributed by atoms with Crippen molar-refractivity contribution in [3.8, 4) is 11.8 Å². The number of hydrogen-bond donors (Lipinski definition) is 2. The van der Waals surface area contributed by atoms with Crippen LogP contribution in [0.1, 0.15) is 37.1 Å². The third-order valence-corrected chi connectivity index (χ3v) is 6.63. The van der Waals surface area contributed by atoms with Crippen molar-refractivity contribution in [3.05, 3.63) is 105 Å². The first-order chi connectivity index (χ1) is 18.0. The average Bonchev–Trinajstić information content (AvgIpc) is 2.86. The Bertz CT molecular complexity index is 1620. The van der Waals surface area contributed by atoms with Crippen LogP contribution in [-0.4, -0.2) is 21.8 Å². The van der Waals surface area contributed by atoms with Gasteiger partial charge in [-0.15, -0.1) is 0 Å². The van der Waals surface area contributed by atoms with Crippen molar-refractivity contribution in [1.82, 2.24) is 5.16 Å². The van der Waals surface area contributed by atoms with Crippen LogP contribution in [0.15, 0.2) is 76.0 Å². The number of aromatic nitrogens is 1. The van der Waals surface area contributed by atoms with Gasteiger partial charge in [-0.25, -0.2) is 9.18 Å². The van der Waals surface area contributed by atoms with Crippen molar-refractivity contribution in [2.75, 3.05) is 5.32 Å². The van der Waals surface area contributed by atoms with Crippen LogP contribution in [0.25, 0.3) is 10.8 Å². The number of aryl methyl sites for hydroxylation is 1. The summed E-state index contributed by atoms with van der Waals surface area (Å²) in [4.78, 5) is 25.6. The normalized spacial score (nSPS) is 12.9. The molecule has 38 heavy (non-hydrogen) atoms. The van der Waals surface area contributed by atoms with E-state index in [1.807, 2.05) is 30.3 Å². The summed E-state index contributed by atoms with van der Waals surface area (Å²) >= 11 is 6.32. The van der Waals surface area contributed by atoms with Gasteiger partial charge in [-0.2, -0.15) is 0 Å². The number of aliphatic hydroxyl groups is 1. The number of fused-ring (bicyclic) bond motifs is 1. The molecule has 3 aromatic carbocycles. The van der Waals surface area contributed by atoms with Gasteiger partial charge >= 0.3 is 5.63 Å². The van der Waals surface area contributed by atoms with Crippen LogP contribution in [0, 0.1) is 24.6 Å². The molecule has 1 heterocycles. The monoisotopic (exact) mass is 532 g/mol. The summed E-state index contributed by atoms with van der Waals surface area (Å²) in [7, 11) is 0. The van der Waals surface area contributed by atoms with Crippen LogP contribution in [-0.2, 0) is 16.6 Å². The standard InChI is InChI=1S/C30H26ClFN2O4/c1-19-24-17-22(12-13-23(24)27(35)38-34-19)33-28(36)30(37,15-7-10-20-8-5-4-6-9-20)18-29(2,3)25-14-11-21(32)16-26(25)31/h4-6,8-9,11-14,16-17,37H,10,18H2,1-3H3,(H,33,36). The first-order valence-corrected chi connectivity index (χ1v) is 12.3. The second-order valence-electron chi connectivity index (χ2n) is 9.78. The van der Waals surface area contributed by atoms with E-state index in [4.69, 9.17) is 16.1 Å². The molecule has 0 aliphatic rings. The first kappa shape index (κ1) is 27.1. The molecule has 0 saturated heterocycles. The van der Waals surface area contributed by atoms with Gasteiger partial charge in [0.25, 0.3) is 5.91 Å². The van der Waals surface area contributed by atoms with E-state index < -0.39 is 28.4 Å². The molecule has 6 nitrogen and oxygen atoms in total. The molecule has 8 heteroatoms. The maximum Gasteiger partial charge on any atom is 0.366 e. The van der Waals surface area contributed by atoms with Crippen LogP contribution >= 0.6 is 11.6 Å². The third-order valence-electron chi connectivity index (χ3n) is 6.32. The first-order valence-electron chi connectivity index (χ1n) is 11.9. The van der Waals surface area contributed by atoms with Crippen molar-refractivity contribution in [2.24, 2.45) is 0 Å². The van der Waals surface area contributed by atoms with Gasteiger partial charge in [0, 0.05) is 28.9 Å². The molecular weight excluding hydrogens is 507 g/mol. The highest BCUT2D eigenvalue weighted by Crippen LogP contribution is 2.37. The van der Waals surface area contributed by atoms with E-state index in [2.05, 4.69) is 22.3 Å². The molecular formula is C30H26ClFN2O4.